The van der Waals surface area contributed by atoms with Crippen LogP contribution in [0.2, 0.25) is 0 Å². The van der Waals surface area contributed by atoms with Crippen LogP contribution in [0.4, 0.5) is 13.6 Å². The molecule has 7 heteroatoms. The van der Waals surface area contributed by atoms with Crippen molar-refractivity contribution in [2.45, 2.75) is 26.3 Å². The molecule has 1 aromatic rings. The van der Waals surface area contributed by atoms with Gasteiger partial charge in [-0.05, 0) is 31.0 Å². The molecule has 0 aliphatic heterocycles. The zero-order valence-electron chi connectivity index (χ0n) is 11.7. The molecule has 0 fully saturated rings. The maximum atomic E-state index is 13.3. The molecule has 0 spiro atoms. The minimum absolute atomic E-state index is 0.0599. The molecule has 1 rings (SSSR count). The summed E-state index contributed by atoms with van der Waals surface area (Å²) in [6.07, 6.45) is 0.976. The zero-order valence-corrected chi connectivity index (χ0v) is 11.7. The normalized spacial score (nSPS) is 11.8. The standard InChI is InChI=1S/C14H18F2N2O3/c1-9(13(19)20)3-2-6-17-14(21)18-8-10-7-11(15)4-5-12(10)16/h4-5,7,9H,2-3,6,8H2,1H3,(H,19,20)(H2,17,18,21). The minimum Gasteiger partial charge on any atom is -0.481 e. The molecule has 0 aliphatic carbocycles. The van der Waals surface area contributed by atoms with Crippen molar-refractivity contribution in [1.82, 2.24) is 10.6 Å². The second-order valence-corrected chi connectivity index (χ2v) is 4.73. The third-order valence-electron chi connectivity index (χ3n) is 2.97. The summed E-state index contributed by atoms with van der Waals surface area (Å²) in [6.45, 7) is 1.78. The van der Waals surface area contributed by atoms with Gasteiger partial charge in [0.1, 0.15) is 11.6 Å². The molecule has 0 aromatic heterocycles. The Morgan fingerprint density at radius 1 is 1.29 bits per heavy atom. The van der Waals surface area contributed by atoms with E-state index in [-0.39, 0.29) is 12.1 Å². The number of urea groups is 1. The Morgan fingerprint density at radius 2 is 2.00 bits per heavy atom. The summed E-state index contributed by atoms with van der Waals surface area (Å²) in [5, 5.41) is 13.6. The molecule has 116 valence electrons. The van der Waals surface area contributed by atoms with Crippen LogP contribution in [-0.4, -0.2) is 23.7 Å². The maximum Gasteiger partial charge on any atom is 0.315 e. The number of nitrogens with one attached hydrogen (secondary N) is 2. The van der Waals surface area contributed by atoms with E-state index in [4.69, 9.17) is 5.11 Å². The van der Waals surface area contributed by atoms with Gasteiger partial charge in [-0.15, -0.1) is 0 Å². The van der Waals surface area contributed by atoms with Crippen molar-refractivity contribution in [1.29, 1.82) is 0 Å². The fraction of sp³-hybridized carbons (Fsp3) is 0.429. The van der Waals surface area contributed by atoms with E-state index >= 15 is 0 Å². The zero-order chi connectivity index (χ0) is 15.8. The van der Waals surface area contributed by atoms with Crippen LogP contribution in [0.5, 0.6) is 0 Å². The van der Waals surface area contributed by atoms with E-state index in [2.05, 4.69) is 10.6 Å². The summed E-state index contributed by atoms with van der Waals surface area (Å²) in [6, 6.07) is 2.51. The monoisotopic (exact) mass is 300 g/mol. The first kappa shape index (κ1) is 16.9. The molecule has 1 aromatic carbocycles. The van der Waals surface area contributed by atoms with Gasteiger partial charge in [0.05, 0.1) is 5.92 Å². The molecule has 3 N–H and O–H groups in total. The summed E-state index contributed by atoms with van der Waals surface area (Å²) in [7, 11) is 0. The summed E-state index contributed by atoms with van der Waals surface area (Å²) in [4.78, 5) is 22.0. The van der Waals surface area contributed by atoms with Crippen molar-refractivity contribution in [3.8, 4) is 0 Å². The van der Waals surface area contributed by atoms with E-state index in [1.54, 1.807) is 6.92 Å². The average molecular weight is 300 g/mol. The lowest BCUT2D eigenvalue weighted by molar-refractivity contribution is -0.141. The molecule has 0 saturated heterocycles. The summed E-state index contributed by atoms with van der Waals surface area (Å²) in [5.41, 5.74) is 0.0599. The second-order valence-electron chi connectivity index (χ2n) is 4.73. The van der Waals surface area contributed by atoms with Gasteiger partial charge < -0.3 is 15.7 Å². The molecule has 0 bridgehead atoms. The van der Waals surface area contributed by atoms with Crippen LogP contribution in [0.25, 0.3) is 0 Å². The number of hydrogen-bond donors (Lipinski definition) is 3. The van der Waals surface area contributed by atoms with E-state index in [9.17, 15) is 18.4 Å². The van der Waals surface area contributed by atoms with Crippen molar-refractivity contribution in [3.05, 3.63) is 35.4 Å². The third kappa shape index (κ3) is 6.20. The average Bonchev–Trinajstić information content (AvgIpc) is 2.44. The van der Waals surface area contributed by atoms with Crippen LogP contribution in [0.15, 0.2) is 18.2 Å². The van der Waals surface area contributed by atoms with Crippen LogP contribution in [-0.2, 0) is 11.3 Å². The van der Waals surface area contributed by atoms with Gasteiger partial charge in [0.2, 0.25) is 0 Å². The molecule has 0 heterocycles. The highest BCUT2D eigenvalue weighted by atomic mass is 19.1. The molecule has 21 heavy (non-hydrogen) atoms. The Labute approximate surface area is 121 Å². The highest BCUT2D eigenvalue weighted by Crippen LogP contribution is 2.09. The molecule has 1 unspecified atom stereocenters. The summed E-state index contributed by atoms with van der Waals surface area (Å²) in [5.74, 6) is -2.50. The van der Waals surface area contributed by atoms with E-state index < -0.39 is 29.6 Å². The lowest BCUT2D eigenvalue weighted by Crippen LogP contribution is -2.36. The number of benzene rings is 1. The maximum absolute atomic E-state index is 13.3. The van der Waals surface area contributed by atoms with Gasteiger partial charge in [0, 0.05) is 18.7 Å². The molecular formula is C14H18F2N2O3. The van der Waals surface area contributed by atoms with Crippen LogP contribution in [0.1, 0.15) is 25.3 Å². The van der Waals surface area contributed by atoms with Crippen molar-refractivity contribution < 1.29 is 23.5 Å². The fourth-order valence-electron chi connectivity index (χ4n) is 1.65. The van der Waals surface area contributed by atoms with Crippen molar-refractivity contribution in [2.75, 3.05) is 6.54 Å². The SMILES string of the molecule is CC(CCCNC(=O)NCc1cc(F)ccc1F)C(=O)O. The van der Waals surface area contributed by atoms with Crippen LogP contribution >= 0.6 is 0 Å². The minimum atomic E-state index is -0.874. The first-order valence-corrected chi connectivity index (χ1v) is 6.58. The van der Waals surface area contributed by atoms with E-state index in [0.29, 0.717) is 19.4 Å². The number of carboxylic acid groups (broad SMARTS) is 1. The highest BCUT2D eigenvalue weighted by Gasteiger charge is 2.10. The number of carbonyl (C=O) groups is 2. The smallest absolute Gasteiger partial charge is 0.315 e. The van der Waals surface area contributed by atoms with Crippen LogP contribution < -0.4 is 10.6 Å². The Hall–Kier alpha value is -2.18. The van der Waals surface area contributed by atoms with Crippen molar-refractivity contribution in [3.63, 3.8) is 0 Å². The van der Waals surface area contributed by atoms with Gasteiger partial charge >= 0.3 is 12.0 Å². The van der Waals surface area contributed by atoms with Gasteiger partial charge in [-0.2, -0.15) is 0 Å². The van der Waals surface area contributed by atoms with Crippen LogP contribution in [0.3, 0.4) is 0 Å². The number of rotatable bonds is 7. The first-order valence-electron chi connectivity index (χ1n) is 6.58. The molecule has 5 nitrogen and oxygen atoms in total. The molecule has 2 amide bonds. The number of carboxylic acids is 1. The molecule has 0 radical (unpaired) electrons. The Bertz CT molecular complexity index is 509. The first-order chi connectivity index (χ1) is 9.90. The fourth-order valence-corrected chi connectivity index (χ4v) is 1.65. The molecule has 0 aliphatic rings. The summed E-state index contributed by atoms with van der Waals surface area (Å²) < 4.78 is 26.2. The van der Waals surface area contributed by atoms with Gasteiger partial charge in [-0.3, -0.25) is 4.79 Å². The number of amides is 2. The third-order valence-corrected chi connectivity index (χ3v) is 2.97. The van der Waals surface area contributed by atoms with E-state index in [1.165, 1.54) is 0 Å². The predicted octanol–water partition coefficient (Wildman–Crippen LogP) is 2.26. The van der Waals surface area contributed by atoms with Crippen LogP contribution in [0, 0.1) is 17.6 Å². The summed E-state index contributed by atoms with van der Waals surface area (Å²) >= 11 is 0. The lowest BCUT2D eigenvalue weighted by atomic mass is 10.1. The Balaban J connectivity index is 2.25. The number of aliphatic carboxylic acids is 1. The van der Waals surface area contributed by atoms with Crippen molar-refractivity contribution in [2.24, 2.45) is 5.92 Å². The number of halogens is 2. The highest BCUT2D eigenvalue weighted by molar-refractivity contribution is 5.73. The van der Waals surface area contributed by atoms with Gasteiger partial charge in [0.25, 0.3) is 0 Å². The van der Waals surface area contributed by atoms with E-state index in [1.807, 2.05) is 0 Å². The topological polar surface area (TPSA) is 78.4 Å². The molecular weight excluding hydrogens is 282 g/mol. The molecule has 1 atom stereocenters. The van der Waals surface area contributed by atoms with Gasteiger partial charge in [-0.25, -0.2) is 13.6 Å². The van der Waals surface area contributed by atoms with E-state index in [0.717, 1.165) is 18.2 Å². The number of carbonyl (C=O) groups excluding carboxylic acids is 1. The Kier molecular flexibility index (Phi) is 6.58. The van der Waals surface area contributed by atoms with Crippen molar-refractivity contribution >= 4 is 12.0 Å². The predicted molar refractivity (Wildman–Crippen MR) is 72.6 cm³/mol. The lowest BCUT2D eigenvalue weighted by Gasteiger charge is -2.09. The number of hydrogen-bond acceptors (Lipinski definition) is 2. The second kappa shape index (κ2) is 8.18. The van der Waals surface area contributed by atoms with Gasteiger partial charge in [0.15, 0.2) is 0 Å². The quantitative estimate of drug-likeness (QED) is 0.676. The molecule has 0 saturated carbocycles. The van der Waals surface area contributed by atoms with Gasteiger partial charge in [-0.1, -0.05) is 6.92 Å². The largest absolute Gasteiger partial charge is 0.481 e. The Morgan fingerprint density at radius 3 is 2.67 bits per heavy atom.